The van der Waals surface area contributed by atoms with Gasteiger partial charge in [-0.25, -0.2) is 4.79 Å². The second-order valence-electron chi connectivity index (χ2n) is 6.57. The third kappa shape index (κ3) is 6.35. The molecule has 0 spiro atoms. The van der Waals surface area contributed by atoms with E-state index in [1.165, 1.54) is 12.1 Å². The molecule has 1 aliphatic carbocycles. The Labute approximate surface area is 156 Å². The molecule has 1 aromatic rings. The summed E-state index contributed by atoms with van der Waals surface area (Å²) in [6.45, 7) is 1.48. The number of carbonyl (C=O) groups is 2. The summed E-state index contributed by atoms with van der Waals surface area (Å²) in [5.41, 5.74) is 0.761. The van der Waals surface area contributed by atoms with Crippen LogP contribution >= 0.6 is 0 Å². The minimum absolute atomic E-state index is 0.00237. The quantitative estimate of drug-likeness (QED) is 0.608. The van der Waals surface area contributed by atoms with E-state index in [1.54, 1.807) is 19.1 Å². The SMILES string of the molecule is CCN(CC(=O)O)C1CC(NC(=O)NC(C)c2ccc(OC(F)F)cc2)C1. The Kier molecular flexibility index (Phi) is 7.35. The molecule has 1 atom stereocenters. The molecular formula is C18H25F2N3O4. The fourth-order valence-corrected chi connectivity index (χ4v) is 3.12. The van der Waals surface area contributed by atoms with Gasteiger partial charge in [0, 0.05) is 12.1 Å². The van der Waals surface area contributed by atoms with Crippen LogP contribution in [0.1, 0.15) is 38.3 Å². The van der Waals surface area contributed by atoms with Crippen molar-refractivity contribution in [2.24, 2.45) is 0 Å². The largest absolute Gasteiger partial charge is 0.480 e. The molecule has 1 aromatic carbocycles. The van der Waals surface area contributed by atoms with Crippen LogP contribution in [-0.4, -0.2) is 53.8 Å². The summed E-state index contributed by atoms with van der Waals surface area (Å²) in [6, 6.07) is 5.63. The van der Waals surface area contributed by atoms with Crippen LogP contribution < -0.4 is 15.4 Å². The van der Waals surface area contributed by atoms with Gasteiger partial charge in [0.1, 0.15) is 5.75 Å². The first kappa shape index (κ1) is 20.9. The molecule has 27 heavy (non-hydrogen) atoms. The Morgan fingerprint density at radius 3 is 2.44 bits per heavy atom. The third-order valence-electron chi connectivity index (χ3n) is 4.66. The highest BCUT2D eigenvalue weighted by atomic mass is 19.3. The Hall–Kier alpha value is -2.42. The number of hydrogen-bond acceptors (Lipinski definition) is 4. The highest BCUT2D eigenvalue weighted by molar-refractivity contribution is 5.75. The van der Waals surface area contributed by atoms with Crippen LogP contribution in [0.4, 0.5) is 13.6 Å². The number of carboxylic acid groups (broad SMARTS) is 1. The van der Waals surface area contributed by atoms with Gasteiger partial charge >= 0.3 is 18.6 Å². The van der Waals surface area contributed by atoms with E-state index in [4.69, 9.17) is 5.11 Å². The number of amides is 2. The predicted octanol–water partition coefficient (Wildman–Crippen LogP) is 2.59. The monoisotopic (exact) mass is 385 g/mol. The summed E-state index contributed by atoms with van der Waals surface area (Å²) in [6.07, 6.45) is 1.42. The number of nitrogens with one attached hydrogen (secondary N) is 2. The average Bonchev–Trinajstić information content (AvgIpc) is 2.55. The molecule has 2 rings (SSSR count). The van der Waals surface area contributed by atoms with Gasteiger partial charge in [0.15, 0.2) is 0 Å². The van der Waals surface area contributed by atoms with E-state index in [1.807, 2.05) is 11.8 Å². The molecule has 0 aliphatic heterocycles. The number of carboxylic acids is 1. The van der Waals surface area contributed by atoms with Crippen LogP contribution in [-0.2, 0) is 4.79 Å². The molecular weight excluding hydrogens is 360 g/mol. The van der Waals surface area contributed by atoms with Gasteiger partial charge in [-0.15, -0.1) is 0 Å². The maximum Gasteiger partial charge on any atom is 0.387 e. The number of nitrogens with zero attached hydrogens (tertiary/aromatic N) is 1. The number of urea groups is 1. The van der Waals surface area contributed by atoms with Crippen LogP contribution in [0.2, 0.25) is 0 Å². The number of alkyl halides is 2. The first-order chi connectivity index (χ1) is 12.8. The van der Waals surface area contributed by atoms with Crippen molar-refractivity contribution in [2.75, 3.05) is 13.1 Å². The molecule has 1 saturated carbocycles. The Bertz CT molecular complexity index is 636. The molecule has 0 heterocycles. The van der Waals surface area contributed by atoms with Gasteiger partial charge in [-0.2, -0.15) is 8.78 Å². The molecule has 0 aromatic heterocycles. The van der Waals surface area contributed by atoms with Crippen molar-refractivity contribution >= 4 is 12.0 Å². The Morgan fingerprint density at radius 2 is 1.93 bits per heavy atom. The van der Waals surface area contributed by atoms with Gasteiger partial charge in [-0.1, -0.05) is 19.1 Å². The van der Waals surface area contributed by atoms with E-state index in [-0.39, 0.29) is 36.5 Å². The molecule has 0 radical (unpaired) electrons. The topological polar surface area (TPSA) is 90.9 Å². The van der Waals surface area contributed by atoms with E-state index < -0.39 is 12.6 Å². The fourth-order valence-electron chi connectivity index (χ4n) is 3.12. The van der Waals surface area contributed by atoms with E-state index >= 15 is 0 Å². The lowest BCUT2D eigenvalue weighted by Crippen LogP contribution is -2.56. The average molecular weight is 385 g/mol. The zero-order valence-corrected chi connectivity index (χ0v) is 15.3. The van der Waals surface area contributed by atoms with E-state index in [0.29, 0.717) is 19.4 Å². The first-order valence-electron chi connectivity index (χ1n) is 8.86. The number of benzene rings is 1. The van der Waals surface area contributed by atoms with Crippen LogP contribution in [0.5, 0.6) is 5.75 Å². The Morgan fingerprint density at radius 1 is 1.30 bits per heavy atom. The molecule has 1 aliphatic rings. The number of rotatable bonds is 9. The minimum atomic E-state index is -2.87. The summed E-state index contributed by atoms with van der Waals surface area (Å²) in [4.78, 5) is 24.8. The van der Waals surface area contributed by atoms with Gasteiger partial charge < -0.3 is 20.5 Å². The molecule has 9 heteroatoms. The smallest absolute Gasteiger partial charge is 0.387 e. The van der Waals surface area contributed by atoms with Crippen molar-refractivity contribution < 1.29 is 28.2 Å². The van der Waals surface area contributed by atoms with Crippen molar-refractivity contribution in [1.82, 2.24) is 15.5 Å². The summed E-state index contributed by atoms with van der Waals surface area (Å²) < 4.78 is 28.6. The Balaban J connectivity index is 1.75. The van der Waals surface area contributed by atoms with Gasteiger partial charge in [0.2, 0.25) is 0 Å². The molecule has 2 amide bonds. The standard InChI is InChI=1S/C18H25F2N3O4/c1-3-23(10-16(24)25)14-8-13(9-14)22-18(26)21-11(2)12-4-6-15(7-5-12)27-17(19)20/h4-7,11,13-14,17H,3,8-10H2,1-2H3,(H,24,25)(H2,21,22,26). The van der Waals surface area contributed by atoms with Crippen LogP contribution in [0.25, 0.3) is 0 Å². The second-order valence-corrected chi connectivity index (χ2v) is 6.57. The maximum atomic E-state index is 12.2. The van der Waals surface area contributed by atoms with Crippen LogP contribution in [0.3, 0.4) is 0 Å². The maximum absolute atomic E-state index is 12.2. The minimum Gasteiger partial charge on any atom is -0.480 e. The summed E-state index contributed by atoms with van der Waals surface area (Å²) in [5.74, 6) is -0.794. The first-order valence-corrected chi connectivity index (χ1v) is 8.86. The van der Waals surface area contributed by atoms with Crippen molar-refractivity contribution in [3.05, 3.63) is 29.8 Å². The van der Waals surface area contributed by atoms with E-state index in [9.17, 15) is 18.4 Å². The van der Waals surface area contributed by atoms with Crippen molar-refractivity contribution in [2.45, 2.75) is 51.4 Å². The van der Waals surface area contributed by atoms with Crippen molar-refractivity contribution in [3.63, 3.8) is 0 Å². The second kappa shape index (κ2) is 9.50. The summed E-state index contributed by atoms with van der Waals surface area (Å²) in [7, 11) is 0. The zero-order valence-electron chi connectivity index (χ0n) is 15.3. The molecule has 0 bridgehead atoms. The summed E-state index contributed by atoms with van der Waals surface area (Å²) in [5, 5.41) is 14.6. The van der Waals surface area contributed by atoms with E-state index in [2.05, 4.69) is 15.4 Å². The number of aliphatic carboxylic acids is 1. The molecule has 150 valence electrons. The molecule has 0 saturated heterocycles. The number of likely N-dealkylation sites (N-methyl/N-ethyl adjacent to an activating group) is 1. The van der Waals surface area contributed by atoms with Crippen LogP contribution in [0, 0.1) is 0 Å². The number of hydrogen-bond donors (Lipinski definition) is 3. The van der Waals surface area contributed by atoms with Gasteiger partial charge in [-0.05, 0) is 44.0 Å². The van der Waals surface area contributed by atoms with Crippen molar-refractivity contribution in [1.29, 1.82) is 0 Å². The number of carbonyl (C=O) groups excluding carboxylic acids is 1. The predicted molar refractivity (Wildman–Crippen MR) is 94.8 cm³/mol. The lowest BCUT2D eigenvalue weighted by atomic mass is 9.85. The lowest BCUT2D eigenvalue weighted by Gasteiger charge is -2.42. The number of ether oxygens (including phenoxy) is 1. The van der Waals surface area contributed by atoms with E-state index in [0.717, 1.165) is 5.56 Å². The zero-order chi connectivity index (χ0) is 20.0. The van der Waals surface area contributed by atoms with Gasteiger partial charge in [-0.3, -0.25) is 9.69 Å². The molecule has 1 unspecified atom stereocenters. The van der Waals surface area contributed by atoms with Gasteiger partial charge in [0.05, 0.1) is 12.6 Å². The highest BCUT2D eigenvalue weighted by Gasteiger charge is 2.34. The highest BCUT2D eigenvalue weighted by Crippen LogP contribution is 2.25. The third-order valence-corrected chi connectivity index (χ3v) is 4.66. The fraction of sp³-hybridized carbons (Fsp3) is 0.556. The number of halogens is 2. The van der Waals surface area contributed by atoms with Crippen molar-refractivity contribution in [3.8, 4) is 5.75 Å². The lowest BCUT2D eigenvalue weighted by molar-refractivity contribution is -0.139. The summed E-state index contributed by atoms with van der Waals surface area (Å²) >= 11 is 0. The molecule has 1 fully saturated rings. The molecule has 7 nitrogen and oxygen atoms in total. The van der Waals surface area contributed by atoms with Gasteiger partial charge in [0.25, 0.3) is 0 Å². The normalized spacial score (nSPS) is 20.1. The van der Waals surface area contributed by atoms with Crippen LogP contribution in [0.15, 0.2) is 24.3 Å². The molecule has 3 N–H and O–H groups in total.